The van der Waals surface area contributed by atoms with Crippen molar-refractivity contribution in [1.29, 1.82) is 0 Å². The monoisotopic (exact) mass is 565 g/mol. The molecule has 190 valence electrons. The van der Waals surface area contributed by atoms with E-state index < -0.39 is 11.6 Å². The van der Waals surface area contributed by atoms with Crippen LogP contribution in [0.3, 0.4) is 0 Å². The Morgan fingerprint density at radius 3 is 2.51 bits per heavy atom. The Morgan fingerprint density at radius 1 is 1.14 bits per heavy atom. The number of nitrogens with zero attached hydrogens (tertiary/aromatic N) is 4. The van der Waals surface area contributed by atoms with Crippen LogP contribution in [-0.2, 0) is 19.9 Å². The summed E-state index contributed by atoms with van der Waals surface area (Å²) in [5.41, 5.74) is -1.60. The van der Waals surface area contributed by atoms with E-state index in [0.717, 1.165) is 58.0 Å². The molecule has 1 unspecified atom stereocenters. The third kappa shape index (κ3) is 5.42. The van der Waals surface area contributed by atoms with E-state index in [1.54, 1.807) is 0 Å². The van der Waals surface area contributed by atoms with Crippen molar-refractivity contribution in [2.75, 3.05) is 31.5 Å². The molecule has 4 aliphatic rings. The fourth-order valence-electron chi connectivity index (χ4n) is 6.06. The molecule has 6 rings (SSSR count). The highest BCUT2D eigenvalue weighted by atomic mass is 79.9. The zero-order valence-corrected chi connectivity index (χ0v) is 22.0. The molecular formula is C24H32BrN5O4S. The van der Waals surface area contributed by atoms with Crippen LogP contribution in [0.4, 0.5) is 5.95 Å². The maximum Gasteiger partial charge on any atom is 0.344 e. The SMILES string of the molecule is O=C(C[N+]12CCC(CC1)C(OC(=O)[C@@](O)(c1cccs1)C1CCCCC1)C2)Nc1ncncn1.[Br-]. The molecule has 2 aromatic rings. The van der Waals surface area contributed by atoms with Gasteiger partial charge in [-0.05, 0) is 24.3 Å². The molecule has 3 saturated heterocycles. The molecule has 2 aromatic heterocycles. The molecule has 1 saturated carbocycles. The van der Waals surface area contributed by atoms with Gasteiger partial charge in [0.2, 0.25) is 5.95 Å². The number of ether oxygens (including phenoxy) is 1. The van der Waals surface area contributed by atoms with Crippen LogP contribution in [0.2, 0.25) is 0 Å². The van der Waals surface area contributed by atoms with Crippen molar-refractivity contribution in [3.8, 4) is 0 Å². The highest BCUT2D eigenvalue weighted by Gasteiger charge is 2.53. The van der Waals surface area contributed by atoms with Gasteiger partial charge in [0.1, 0.15) is 19.2 Å². The van der Waals surface area contributed by atoms with Crippen LogP contribution in [0, 0.1) is 11.8 Å². The Morgan fingerprint density at radius 2 is 1.86 bits per heavy atom. The van der Waals surface area contributed by atoms with Gasteiger partial charge in [-0.1, -0.05) is 25.3 Å². The molecule has 0 radical (unpaired) electrons. The summed E-state index contributed by atoms with van der Waals surface area (Å²) >= 11 is 1.41. The van der Waals surface area contributed by atoms with Crippen molar-refractivity contribution < 1.29 is 40.9 Å². The second-order valence-corrected chi connectivity index (χ2v) is 10.9. The van der Waals surface area contributed by atoms with E-state index in [4.69, 9.17) is 4.74 Å². The molecular weight excluding hydrogens is 534 g/mol. The first-order valence-electron chi connectivity index (χ1n) is 12.2. The lowest BCUT2D eigenvalue weighted by molar-refractivity contribution is -0.939. The molecule has 4 fully saturated rings. The lowest BCUT2D eigenvalue weighted by atomic mass is 9.75. The van der Waals surface area contributed by atoms with Gasteiger partial charge in [-0.2, -0.15) is 0 Å². The second-order valence-electron chi connectivity index (χ2n) is 10.00. The van der Waals surface area contributed by atoms with Crippen molar-refractivity contribution in [3.63, 3.8) is 0 Å². The van der Waals surface area contributed by atoms with E-state index in [9.17, 15) is 14.7 Å². The van der Waals surface area contributed by atoms with Crippen LogP contribution in [0.1, 0.15) is 49.8 Å². The van der Waals surface area contributed by atoms with Gasteiger partial charge < -0.3 is 31.3 Å². The van der Waals surface area contributed by atoms with E-state index in [1.807, 2.05) is 17.5 Å². The van der Waals surface area contributed by atoms with Gasteiger partial charge in [-0.15, -0.1) is 11.3 Å². The molecule has 1 aliphatic carbocycles. The van der Waals surface area contributed by atoms with Crippen molar-refractivity contribution in [2.45, 2.75) is 56.7 Å². The number of esters is 1. The number of thiophene rings is 1. The minimum Gasteiger partial charge on any atom is -1.00 e. The predicted octanol–water partition coefficient (Wildman–Crippen LogP) is -0.504. The predicted molar refractivity (Wildman–Crippen MR) is 126 cm³/mol. The number of hydrogen-bond acceptors (Lipinski definition) is 8. The van der Waals surface area contributed by atoms with E-state index >= 15 is 0 Å². The Bertz CT molecular complexity index is 997. The number of quaternary nitrogens is 1. The average Bonchev–Trinajstić information content (AvgIpc) is 3.40. The van der Waals surface area contributed by atoms with Crippen molar-refractivity contribution >= 4 is 29.2 Å². The topological polar surface area (TPSA) is 114 Å². The number of carbonyl (C=O) groups is 2. The number of rotatable bonds is 7. The average molecular weight is 567 g/mol. The van der Waals surface area contributed by atoms with Gasteiger partial charge in [0.25, 0.3) is 5.91 Å². The molecule has 11 heteroatoms. The summed E-state index contributed by atoms with van der Waals surface area (Å²) in [6.45, 7) is 2.62. The summed E-state index contributed by atoms with van der Waals surface area (Å²) in [6.07, 6.45) is 9.04. The van der Waals surface area contributed by atoms with Crippen molar-refractivity contribution in [1.82, 2.24) is 15.0 Å². The van der Waals surface area contributed by atoms with E-state index in [2.05, 4.69) is 20.3 Å². The van der Waals surface area contributed by atoms with Gasteiger partial charge in [0.15, 0.2) is 18.2 Å². The first kappa shape index (κ1) is 26.1. The number of hydrogen-bond donors (Lipinski definition) is 2. The summed E-state index contributed by atoms with van der Waals surface area (Å²) < 4.78 is 6.71. The number of aliphatic hydroxyl groups is 1. The second kappa shape index (κ2) is 11.0. The molecule has 2 bridgehead atoms. The van der Waals surface area contributed by atoms with Gasteiger partial charge in [0, 0.05) is 29.6 Å². The zero-order valence-electron chi connectivity index (χ0n) is 19.6. The van der Waals surface area contributed by atoms with Gasteiger partial charge in [-0.3, -0.25) is 10.1 Å². The van der Waals surface area contributed by atoms with Gasteiger partial charge in [0.05, 0.1) is 13.1 Å². The Labute approximate surface area is 219 Å². The van der Waals surface area contributed by atoms with Crippen LogP contribution in [-0.4, -0.2) is 68.7 Å². The molecule has 1 amide bonds. The molecule has 0 aromatic carbocycles. The molecule has 3 aliphatic heterocycles. The largest absolute Gasteiger partial charge is 1.00 e. The Hall–Kier alpha value is -1.95. The molecule has 9 nitrogen and oxygen atoms in total. The number of halogens is 1. The highest BCUT2D eigenvalue weighted by Crippen LogP contribution is 2.43. The van der Waals surface area contributed by atoms with Crippen LogP contribution in [0.5, 0.6) is 0 Å². The smallest absolute Gasteiger partial charge is 0.344 e. The number of fused-ring (bicyclic) bond motifs is 3. The lowest BCUT2D eigenvalue weighted by Gasteiger charge is -2.52. The quantitative estimate of drug-likeness (QED) is 0.343. The summed E-state index contributed by atoms with van der Waals surface area (Å²) in [5, 5.41) is 16.4. The third-order valence-corrected chi connectivity index (χ3v) is 8.92. The molecule has 5 heterocycles. The fraction of sp³-hybridized carbons (Fsp3) is 0.625. The zero-order chi connectivity index (χ0) is 23.6. The number of aromatic nitrogens is 3. The van der Waals surface area contributed by atoms with E-state index in [1.165, 1.54) is 24.0 Å². The molecule has 2 atom stereocenters. The fourth-order valence-corrected chi connectivity index (χ4v) is 6.95. The van der Waals surface area contributed by atoms with Crippen LogP contribution in [0.15, 0.2) is 30.2 Å². The first-order valence-corrected chi connectivity index (χ1v) is 13.1. The Balaban J connectivity index is 0.00000289. The standard InChI is InChI=1S/C24H31N5O4S.BrH/c30-21(28-23-26-15-25-16-27-23)14-29-10-8-17(9-11-29)19(13-29)33-22(31)24(32,20-7-4-12-34-20)18-5-2-1-3-6-18;/h4,7,12,15-19,32H,1-3,5-6,8-11,13-14H2;1H/t17?,19?,24-,29?;/m0./s1. The van der Waals surface area contributed by atoms with Gasteiger partial charge in [-0.25, -0.2) is 19.7 Å². The Kier molecular flexibility index (Phi) is 8.19. The van der Waals surface area contributed by atoms with Crippen LogP contribution < -0.4 is 22.3 Å². The summed E-state index contributed by atoms with van der Waals surface area (Å²) in [4.78, 5) is 38.7. The number of piperidine rings is 3. The lowest BCUT2D eigenvalue weighted by Crippen LogP contribution is -3.00. The minimum absolute atomic E-state index is 0. The molecule has 2 N–H and O–H groups in total. The maximum absolute atomic E-state index is 13.6. The van der Waals surface area contributed by atoms with E-state index in [-0.39, 0.29) is 53.3 Å². The number of carbonyl (C=O) groups excluding carboxylic acids is 2. The summed E-state index contributed by atoms with van der Waals surface area (Å²) in [5.74, 6) is -0.291. The van der Waals surface area contributed by atoms with Crippen molar-refractivity contribution in [3.05, 3.63) is 35.0 Å². The minimum atomic E-state index is -1.60. The number of nitrogens with one attached hydrogen (secondary N) is 1. The molecule has 35 heavy (non-hydrogen) atoms. The van der Waals surface area contributed by atoms with Gasteiger partial charge >= 0.3 is 5.97 Å². The summed E-state index contributed by atoms with van der Waals surface area (Å²) in [6, 6.07) is 3.72. The number of amides is 1. The third-order valence-electron chi connectivity index (χ3n) is 7.93. The first-order chi connectivity index (χ1) is 16.5. The van der Waals surface area contributed by atoms with Crippen molar-refractivity contribution in [2.24, 2.45) is 11.8 Å². The van der Waals surface area contributed by atoms with E-state index in [0.29, 0.717) is 15.9 Å². The van der Waals surface area contributed by atoms with Crippen LogP contribution >= 0.6 is 11.3 Å². The molecule has 0 spiro atoms. The normalized spacial score (nSPS) is 27.9. The summed E-state index contributed by atoms with van der Waals surface area (Å²) in [7, 11) is 0. The maximum atomic E-state index is 13.6. The highest BCUT2D eigenvalue weighted by molar-refractivity contribution is 7.10. The number of anilines is 1. The van der Waals surface area contributed by atoms with Crippen LogP contribution in [0.25, 0.3) is 0 Å².